The first-order valence-electron chi connectivity index (χ1n) is 4.54. The Bertz CT molecular complexity index is 321. The van der Waals surface area contributed by atoms with Crippen LogP contribution in [0, 0.1) is 6.92 Å². The van der Waals surface area contributed by atoms with Gasteiger partial charge >= 0.3 is 0 Å². The van der Waals surface area contributed by atoms with Crippen LogP contribution in [0.2, 0.25) is 0 Å². The number of hydrogen-bond donors (Lipinski definition) is 1. The van der Waals surface area contributed by atoms with Crippen molar-refractivity contribution < 1.29 is 9.57 Å². The molecule has 0 heterocycles. The molecule has 78 valence electrons. The molecular formula is C11H17NO2. The molecule has 0 bridgehead atoms. The van der Waals surface area contributed by atoms with Gasteiger partial charge in [-0.05, 0) is 32.9 Å². The van der Waals surface area contributed by atoms with Gasteiger partial charge in [0, 0.05) is 5.56 Å². The minimum absolute atomic E-state index is 0.530. The number of nitrogens with two attached hydrogens (primary N) is 1. The Kier molecular flexibility index (Phi) is 3.13. The predicted octanol–water partition coefficient (Wildman–Crippen LogP) is 2.13. The van der Waals surface area contributed by atoms with E-state index in [9.17, 15) is 0 Å². The molecule has 0 spiro atoms. The number of ether oxygens (including phenoxy) is 1. The minimum atomic E-state index is -0.530. The van der Waals surface area contributed by atoms with Gasteiger partial charge in [-0.1, -0.05) is 11.6 Å². The third kappa shape index (κ3) is 2.05. The normalized spacial score (nSPS) is 11.5. The van der Waals surface area contributed by atoms with Crippen molar-refractivity contribution in [1.29, 1.82) is 0 Å². The summed E-state index contributed by atoms with van der Waals surface area (Å²) >= 11 is 0. The number of hydrogen-bond acceptors (Lipinski definition) is 3. The lowest BCUT2D eigenvalue weighted by atomic mass is 9.95. The number of rotatable bonds is 3. The summed E-state index contributed by atoms with van der Waals surface area (Å²) in [5, 5.41) is 0. The molecule has 0 radical (unpaired) electrons. The number of aryl methyl sites for hydroxylation is 1. The second kappa shape index (κ2) is 3.98. The van der Waals surface area contributed by atoms with Crippen LogP contribution in [0.1, 0.15) is 25.0 Å². The summed E-state index contributed by atoms with van der Waals surface area (Å²) in [6, 6.07) is 5.94. The molecule has 14 heavy (non-hydrogen) atoms. The van der Waals surface area contributed by atoms with E-state index in [2.05, 4.69) is 0 Å². The Morgan fingerprint density at radius 3 is 2.43 bits per heavy atom. The van der Waals surface area contributed by atoms with Gasteiger partial charge in [0.25, 0.3) is 0 Å². The van der Waals surface area contributed by atoms with E-state index in [0.29, 0.717) is 0 Å². The van der Waals surface area contributed by atoms with E-state index in [1.54, 1.807) is 7.11 Å². The first-order valence-corrected chi connectivity index (χ1v) is 4.54. The standard InChI is InChI=1S/C11H17NO2/c1-8-5-6-10(13-4)9(7-8)11(2,3)14-12/h5-7H,12H2,1-4H3. The Labute approximate surface area is 84.8 Å². The third-order valence-electron chi connectivity index (χ3n) is 2.30. The largest absolute Gasteiger partial charge is 0.496 e. The van der Waals surface area contributed by atoms with Crippen molar-refractivity contribution in [3.05, 3.63) is 29.3 Å². The highest BCUT2D eigenvalue weighted by molar-refractivity contribution is 5.40. The van der Waals surface area contributed by atoms with Gasteiger partial charge in [0.1, 0.15) is 11.4 Å². The van der Waals surface area contributed by atoms with E-state index >= 15 is 0 Å². The first kappa shape index (κ1) is 11.0. The Balaban J connectivity index is 3.23. The van der Waals surface area contributed by atoms with Crippen LogP contribution in [-0.4, -0.2) is 7.11 Å². The SMILES string of the molecule is COc1ccc(C)cc1C(C)(C)ON. The van der Waals surface area contributed by atoms with Crippen LogP contribution in [0.15, 0.2) is 18.2 Å². The molecule has 0 atom stereocenters. The van der Waals surface area contributed by atoms with Crippen molar-refractivity contribution in [2.24, 2.45) is 5.90 Å². The van der Waals surface area contributed by atoms with Crippen LogP contribution in [0.25, 0.3) is 0 Å². The molecule has 0 amide bonds. The van der Waals surface area contributed by atoms with Crippen molar-refractivity contribution >= 4 is 0 Å². The second-order valence-corrected chi connectivity index (χ2v) is 3.83. The molecule has 3 nitrogen and oxygen atoms in total. The van der Waals surface area contributed by atoms with Crippen LogP contribution < -0.4 is 10.6 Å². The molecule has 0 fully saturated rings. The fraction of sp³-hybridized carbons (Fsp3) is 0.455. The molecular weight excluding hydrogens is 178 g/mol. The Morgan fingerprint density at radius 1 is 1.29 bits per heavy atom. The molecule has 1 aromatic rings. The van der Waals surface area contributed by atoms with Gasteiger partial charge in [0.05, 0.1) is 7.11 Å². The maximum absolute atomic E-state index is 5.26. The maximum atomic E-state index is 5.26. The van der Waals surface area contributed by atoms with E-state index in [4.69, 9.17) is 15.5 Å². The molecule has 0 aliphatic heterocycles. The molecule has 0 aliphatic rings. The third-order valence-corrected chi connectivity index (χ3v) is 2.30. The van der Waals surface area contributed by atoms with Crippen LogP contribution in [-0.2, 0) is 10.4 Å². The van der Waals surface area contributed by atoms with Crippen LogP contribution in [0.5, 0.6) is 5.75 Å². The molecule has 0 aromatic heterocycles. The molecule has 1 aromatic carbocycles. The first-order chi connectivity index (χ1) is 6.51. The van der Waals surface area contributed by atoms with Crippen molar-refractivity contribution in [3.8, 4) is 5.75 Å². The Morgan fingerprint density at radius 2 is 1.93 bits per heavy atom. The van der Waals surface area contributed by atoms with Gasteiger partial charge in [-0.25, -0.2) is 5.90 Å². The smallest absolute Gasteiger partial charge is 0.125 e. The minimum Gasteiger partial charge on any atom is -0.496 e. The number of benzene rings is 1. The summed E-state index contributed by atoms with van der Waals surface area (Å²) in [5.74, 6) is 6.05. The summed E-state index contributed by atoms with van der Waals surface area (Å²) in [6.45, 7) is 5.84. The van der Waals surface area contributed by atoms with E-state index < -0.39 is 5.60 Å². The van der Waals surface area contributed by atoms with E-state index in [1.165, 1.54) is 0 Å². The molecule has 0 unspecified atom stereocenters. The molecule has 2 N–H and O–H groups in total. The summed E-state index contributed by atoms with van der Waals surface area (Å²) in [4.78, 5) is 4.94. The molecule has 0 saturated heterocycles. The average Bonchev–Trinajstić information content (AvgIpc) is 2.18. The summed E-state index contributed by atoms with van der Waals surface area (Å²) in [7, 11) is 1.64. The quantitative estimate of drug-likeness (QED) is 0.751. The van der Waals surface area contributed by atoms with Gasteiger partial charge in [-0.3, -0.25) is 4.84 Å². The molecule has 0 aliphatic carbocycles. The second-order valence-electron chi connectivity index (χ2n) is 3.83. The van der Waals surface area contributed by atoms with Crippen molar-refractivity contribution in [2.75, 3.05) is 7.11 Å². The monoisotopic (exact) mass is 195 g/mol. The molecule has 0 saturated carbocycles. The number of methoxy groups -OCH3 is 1. The van der Waals surface area contributed by atoms with Gasteiger partial charge in [-0.2, -0.15) is 0 Å². The van der Waals surface area contributed by atoms with Gasteiger partial charge < -0.3 is 4.74 Å². The van der Waals surface area contributed by atoms with Gasteiger partial charge in [-0.15, -0.1) is 0 Å². The topological polar surface area (TPSA) is 44.5 Å². The average molecular weight is 195 g/mol. The molecule has 3 heteroatoms. The molecule has 1 rings (SSSR count). The summed E-state index contributed by atoms with van der Waals surface area (Å²) in [5.41, 5.74) is 1.59. The van der Waals surface area contributed by atoms with Crippen LogP contribution >= 0.6 is 0 Å². The van der Waals surface area contributed by atoms with Crippen LogP contribution in [0.4, 0.5) is 0 Å². The van der Waals surface area contributed by atoms with E-state index in [-0.39, 0.29) is 0 Å². The van der Waals surface area contributed by atoms with E-state index in [1.807, 2.05) is 39.0 Å². The van der Waals surface area contributed by atoms with Gasteiger partial charge in [0.2, 0.25) is 0 Å². The summed E-state index contributed by atoms with van der Waals surface area (Å²) in [6.07, 6.45) is 0. The van der Waals surface area contributed by atoms with E-state index in [0.717, 1.165) is 16.9 Å². The zero-order valence-electron chi connectivity index (χ0n) is 9.13. The predicted molar refractivity (Wildman–Crippen MR) is 56.0 cm³/mol. The van der Waals surface area contributed by atoms with Crippen molar-refractivity contribution in [1.82, 2.24) is 0 Å². The summed E-state index contributed by atoms with van der Waals surface area (Å²) < 4.78 is 5.25. The fourth-order valence-corrected chi connectivity index (χ4v) is 1.36. The highest BCUT2D eigenvalue weighted by atomic mass is 16.6. The zero-order valence-corrected chi connectivity index (χ0v) is 9.13. The van der Waals surface area contributed by atoms with Crippen molar-refractivity contribution in [3.63, 3.8) is 0 Å². The lowest BCUT2D eigenvalue weighted by Gasteiger charge is -2.24. The fourth-order valence-electron chi connectivity index (χ4n) is 1.36. The lowest BCUT2D eigenvalue weighted by Crippen LogP contribution is -2.26. The van der Waals surface area contributed by atoms with Crippen LogP contribution in [0.3, 0.4) is 0 Å². The maximum Gasteiger partial charge on any atom is 0.125 e. The lowest BCUT2D eigenvalue weighted by molar-refractivity contribution is -0.0251. The van der Waals surface area contributed by atoms with Crippen molar-refractivity contribution in [2.45, 2.75) is 26.4 Å². The highest BCUT2D eigenvalue weighted by Crippen LogP contribution is 2.32. The highest BCUT2D eigenvalue weighted by Gasteiger charge is 2.24. The van der Waals surface area contributed by atoms with Gasteiger partial charge in [0.15, 0.2) is 0 Å². The Hall–Kier alpha value is -1.06. The zero-order chi connectivity index (χ0) is 10.8.